The maximum absolute atomic E-state index is 4.14. The van der Waals surface area contributed by atoms with E-state index in [0.717, 1.165) is 22.4 Å². The Morgan fingerprint density at radius 2 is 2.19 bits per heavy atom. The molecule has 16 heavy (non-hydrogen) atoms. The van der Waals surface area contributed by atoms with E-state index in [1.807, 2.05) is 19.3 Å². The molecule has 0 aliphatic rings. The van der Waals surface area contributed by atoms with Crippen LogP contribution in [-0.4, -0.2) is 12.0 Å². The van der Waals surface area contributed by atoms with Gasteiger partial charge in [-0.15, -0.1) is 11.3 Å². The molecule has 2 aromatic rings. The van der Waals surface area contributed by atoms with Crippen LogP contribution in [0.2, 0.25) is 0 Å². The van der Waals surface area contributed by atoms with Crippen molar-refractivity contribution in [3.8, 4) is 0 Å². The van der Waals surface area contributed by atoms with Gasteiger partial charge in [-0.25, -0.2) is 0 Å². The lowest BCUT2D eigenvalue weighted by molar-refractivity contribution is 1.16. The molecule has 0 radical (unpaired) electrons. The first-order valence-electron chi connectivity index (χ1n) is 4.88. The van der Waals surface area contributed by atoms with Crippen LogP contribution >= 0.6 is 27.3 Å². The standard InChI is InChI=1S/C11H12BrN3S/c1-13-8-4-9(6-14-5-8)15-7-11-10(12)2-3-16-11/h2-6,13,15H,7H2,1H3. The number of thiophene rings is 1. The van der Waals surface area contributed by atoms with Gasteiger partial charge < -0.3 is 10.6 Å². The van der Waals surface area contributed by atoms with Crippen molar-refractivity contribution in [1.29, 1.82) is 0 Å². The summed E-state index contributed by atoms with van der Waals surface area (Å²) < 4.78 is 1.16. The van der Waals surface area contributed by atoms with E-state index in [1.165, 1.54) is 4.88 Å². The molecule has 0 fully saturated rings. The molecule has 0 saturated heterocycles. The second-order valence-corrected chi connectivity index (χ2v) is 5.11. The highest BCUT2D eigenvalue weighted by Crippen LogP contribution is 2.23. The predicted molar refractivity (Wildman–Crippen MR) is 73.1 cm³/mol. The summed E-state index contributed by atoms with van der Waals surface area (Å²) in [6, 6.07) is 4.10. The third kappa shape index (κ3) is 2.74. The third-order valence-electron chi connectivity index (χ3n) is 2.17. The second kappa shape index (κ2) is 5.32. The molecule has 0 saturated carbocycles. The van der Waals surface area contributed by atoms with Crippen LogP contribution in [0, 0.1) is 0 Å². The molecular formula is C11H12BrN3S. The van der Waals surface area contributed by atoms with Gasteiger partial charge in [-0.2, -0.15) is 0 Å². The van der Waals surface area contributed by atoms with Crippen LogP contribution in [0.15, 0.2) is 34.4 Å². The van der Waals surface area contributed by atoms with Gasteiger partial charge >= 0.3 is 0 Å². The van der Waals surface area contributed by atoms with Crippen molar-refractivity contribution in [1.82, 2.24) is 4.98 Å². The fourth-order valence-electron chi connectivity index (χ4n) is 1.31. The highest BCUT2D eigenvalue weighted by molar-refractivity contribution is 9.10. The minimum atomic E-state index is 0.813. The van der Waals surface area contributed by atoms with Gasteiger partial charge in [0.25, 0.3) is 0 Å². The molecule has 0 unspecified atom stereocenters. The average molecular weight is 298 g/mol. The molecule has 2 aromatic heterocycles. The predicted octanol–water partition coefficient (Wildman–Crippen LogP) is 3.56. The quantitative estimate of drug-likeness (QED) is 0.906. The molecule has 0 aromatic carbocycles. The van der Waals surface area contributed by atoms with E-state index < -0.39 is 0 Å². The molecule has 0 atom stereocenters. The van der Waals surface area contributed by atoms with Gasteiger partial charge in [-0.3, -0.25) is 4.98 Å². The normalized spacial score (nSPS) is 10.1. The van der Waals surface area contributed by atoms with Crippen LogP contribution in [0.4, 0.5) is 11.4 Å². The van der Waals surface area contributed by atoms with Crippen molar-refractivity contribution >= 4 is 38.6 Å². The number of hydrogen-bond acceptors (Lipinski definition) is 4. The van der Waals surface area contributed by atoms with Crippen LogP contribution in [-0.2, 0) is 6.54 Å². The number of aromatic nitrogens is 1. The molecule has 5 heteroatoms. The maximum atomic E-state index is 4.14. The summed E-state index contributed by atoms with van der Waals surface area (Å²) in [7, 11) is 1.89. The zero-order valence-corrected chi connectivity index (χ0v) is 11.2. The summed E-state index contributed by atoms with van der Waals surface area (Å²) in [6.07, 6.45) is 3.62. The van der Waals surface area contributed by atoms with E-state index in [0.29, 0.717) is 0 Å². The zero-order valence-electron chi connectivity index (χ0n) is 8.83. The fraction of sp³-hybridized carbons (Fsp3) is 0.182. The molecular weight excluding hydrogens is 286 g/mol. The van der Waals surface area contributed by atoms with Gasteiger partial charge in [0.15, 0.2) is 0 Å². The van der Waals surface area contributed by atoms with Crippen LogP contribution in [0.3, 0.4) is 0 Å². The topological polar surface area (TPSA) is 37.0 Å². The van der Waals surface area contributed by atoms with E-state index >= 15 is 0 Å². The van der Waals surface area contributed by atoms with Crippen molar-refractivity contribution in [2.75, 3.05) is 17.7 Å². The smallest absolute Gasteiger partial charge is 0.0550 e. The Hall–Kier alpha value is -1.07. The summed E-state index contributed by atoms with van der Waals surface area (Å²) in [5, 5.41) is 8.48. The van der Waals surface area contributed by atoms with Gasteiger partial charge in [-0.1, -0.05) is 0 Å². The van der Waals surface area contributed by atoms with Crippen LogP contribution in [0.1, 0.15) is 4.88 Å². The van der Waals surface area contributed by atoms with E-state index in [2.05, 4.69) is 43.0 Å². The molecule has 0 bridgehead atoms. The second-order valence-electron chi connectivity index (χ2n) is 3.26. The third-order valence-corrected chi connectivity index (χ3v) is 4.10. The number of anilines is 2. The van der Waals surface area contributed by atoms with Gasteiger partial charge in [0.2, 0.25) is 0 Å². The van der Waals surface area contributed by atoms with E-state index in [4.69, 9.17) is 0 Å². The van der Waals surface area contributed by atoms with Crippen molar-refractivity contribution in [3.05, 3.63) is 39.3 Å². The van der Waals surface area contributed by atoms with Crippen LogP contribution < -0.4 is 10.6 Å². The van der Waals surface area contributed by atoms with Crippen molar-refractivity contribution in [2.45, 2.75) is 6.54 Å². The lowest BCUT2D eigenvalue weighted by Gasteiger charge is -2.06. The molecule has 3 nitrogen and oxygen atoms in total. The lowest BCUT2D eigenvalue weighted by Crippen LogP contribution is -1.99. The van der Waals surface area contributed by atoms with Gasteiger partial charge in [0.05, 0.1) is 30.3 Å². The summed E-state index contributed by atoms with van der Waals surface area (Å²) >= 11 is 5.24. The molecule has 2 rings (SSSR count). The first-order valence-corrected chi connectivity index (χ1v) is 6.55. The number of pyridine rings is 1. The van der Waals surface area contributed by atoms with E-state index in [9.17, 15) is 0 Å². The van der Waals surface area contributed by atoms with Crippen molar-refractivity contribution in [3.63, 3.8) is 0 Å². The first kappa shape index (κ1) is 11.4. The monoisotopic (exact) mass is 297 g/mol. The average Bonchev–Trinajstić information content (AvgIpc) is 2.72. The SMILES string of the molecule is CNc1cncc(NCc2sccc2Br)c1. The Balaban J connectivity index is 2.02. The number of halogens is 1. The minimum absolute atomic E-state index is 0.813. The van der Waals surface area contributed by atoms with Crippen molar-refractivity contribution in [2.24, 2.45) is 0 Å². The van der Waals surface area contributed by atoms with E-state index in [-0.39, 0.29) is 0 Å². The summed E-state index contributed by atoms with van der Waals surface area (Å²) in [4.78, 5) is 5.43. The molecule has 0 aliphatic carbocycles. The Morgan fingerprint density at radius 1 is 1.38 bits per heavy atom. The zero-order chi connectivity index (χ0) is 11.4. The highest BCUT2D eigenvalue weighted by Gasteiger charge is 2.01. The number of rotatable bonds is 4. The molecule has 0 aliphatic heterocycles. The lowest BCUT2D eigenvalue weighted by atomic mass is 10.3. The largest absolute Gasteiger partial charge is 0.387 e. The van der Waals surface area contributed by atoms with Gasteiger partial charge in [0.1, 0.15) is 0 Å². The van der Waals surface area contributed by atoms with Crippen LogP contribution in [0.5, 0.6) is 0 Å². The summed E-state index contributed by atoms with van der Waals surface area (Å²) in [5.41, 5.74) is 2.03. The summed E-state index contributed by atoms with van der Waals surface area (Å²) in [6.45, 7) is 0.813. The molecule has 84 valence electrons. The van der Waals surface area contributed by atoms with Gasteiger partial charge in [0, 0.05) is 16.4 Å². The first-order chi connectivity index (χ1) is 7.79. The molecule has 0 amide bonds. The fourth-order valence-corrected chi connectivity index (χ4v) is 2.74. The van der Waals surface area contributed by atoms with Gasteiger partial charge in [-0.05, 0) is 33.4 Å². The number of nitrogens with one attached hydrogen (secondary N) is 2. The Kier molecular flexibility index (Phi) is 3.79. The maximum Gasteiger partial charge on any atom is 0.0550 e. The number of nitrogens with zero attached hydrogens (tertiary/aromatic N) is 1. The Labute approximate surface area is 107 Å². The minimum Gasteiger partial charge on any atom is -0.387 e. The van der Waals surface area contributed by atoms with Crippen LogP contribution in [0.25, 0.3) is 0 Å². The Morgan fingerprint density at radius 3 is 2.88 bits per heavy atom. The Bertz CT molecular complexity index is 470. The van der Waals surface area contributed by atoms with E-state index in [1.54, 1.807) is 17.5 Å². The summed E-state index contributed by atoms with van der Waals surface area (Å²) in [5.74, 6) is 0. The number of hydrogen-bond donors (Lipinski definition) is 2. The molecule has 2 N–H and O–H groups in total. The molecule has 0 spiro atoms. The highest BCUT2D eigenvalue weighted by atomic mass is 79.9. The van der Waals surface area contributed by atoms with Crippen molar-refractivity contribution < 1.29 is 0 Å². The molecule has 2 heterocycles.